The van der Waals surface area contributed by atoms with E-state index in [1.54, 1.807) is 23.7 Å². The number of carbonyl (C=O) groups excluding carboxylic acids is 1. The van der Waals surface area contributed by atoms with Gasteiger partial charge in [-0.3, -0.25) is 19.4 Å². The lowest BCUT2D eigenvalue weighted by molar-refractivity contribution is -0.121. The van der Waals surface area contributed by atoms with Gasteiger partial charge in [0.25, 0.3) is 0 Å². The Labute approximate surface area is 142 Å². The predicted octanol–water partition coefficient (Wildman–Crippen LogP) is 2.77. The summed E-state index contributed by atoms with van der Waals surface area (Å²) in [5.41, 5.74) is 0.972. The Morgan fingerprint density at radius 1 is 1.39 bits per heavy atom. The third-order valence-electron chi connectivity index (χ3n) is 3.27. The van der Waals surface area contributed by atoms with Crippen molar-refractivity contribution in [1.82, 2.24) is 25.1 Å². The van der Waals surface area contributed by atoms with Crippen LogP contribution in [-0.4, -0.2) is 25.7 Å². The molecule has 3 aromatic heterocycles. The highest BCUT2D eigenvalue weighted by molar-refractivity contribution is 7.71. The van der Waals surface area contributed by atoms with Gasteiger partial charge in [-0.1, -0.05) is 12.1 Å². The number of hydrogen-bond donors (Lipinski definition) is 2. The second kappa shape index (κ2) is 7.30. The Morgan fingerprint density at radius 3 is 3.04 bits per heavy atom. The van der Waals surface area contributed by atoms with Crippen molar-refractivity contribution in [2.75, 3.05) is 0 Å². The number of carbonyl (C=O) groups is 1. The zero-order chi connectivity index (χ0) is 16.1. The zero-order valence-corrected chi connectivity index (χ0v) is 13.9. The number of thiophene rings is 1. The molecule has 0 aromatic carbocycles. The monoisotopic (exact) mass is 345 g/mol. The molecule has 2 N–H and O–H groups in total. The number of pyridine rings is 1. The van der Waals surface area contributed by atoms with Gasteiger partial charge in [-0.15, -0.1) is 11.3 Å². The first-order valence-electron chi connectivity index (χ1n) is 7.09. The molecule has 3 heterocycles. The van der Waals surface area contributed by atoms with Crippen molar-refractivity contribution in [3.63, 3.8) is 0 Å². The van der Waals surface area contributed by atoms with Gasteiger partial charge in [-0.05, 0) is 35.3 Å². The first-order chi connectivity index (χ1) is 11.2. The van der Waals surface area contributed by atoms with Crippen molar-refractivity contribution in [3.05, 3.63) is 52.4 Å². The smallest absolute Gasteiger partial charge is 0.222 e. The number of nitrogens with zero attached hydrogens (tertiary/aromatic N) is 3. The molecule has 23 heavy (non-hydrogen) atoms. The second-order valence-corrected chi connectivity index (χ2v) is 6.20. The summed E-state index contributed by atoms with van der Waals surface area (Å²) in [6.45, 7) is 0.961. The Hall–Kier alpha value is -2.32. The molecule has 8 heteroatoms. The predicted molar refractivity (Wildman–Crippen MR) is 91.4 cm³/mol. The number of hydrogen-bond acceptors (Lipinski definition) is 5. The molecule has 0 aliphatic rings. The van der Waals surface area contributed by atoms with Crippen molar-refractivity contribution in [2.45, 2.75) is 19.5 Å². The molecule has 0 radical (unpaired) electrons. The van der Waals surface area contributed by atoms with Crippen molar-refractivity contribution in [1.29, 1.82) is 0 Å². The quantitative estimate of drug-likeness (QED) is 0.674. The molecule has 0 saturated heterocycles. The van der Waals surface area contributed by atoms with E-state index in [4.69, 9.17) is 12.2 Å². The number of amides is 1. The van der Waals surface area contributed by atoms with Crippen LogP contribution in [0, 0.1) is 4.77 Å². The van der Waals surface area contributed by atoms with Crippen molar-refractivity contribution in [3.8, 4) is 10.7 Å². The SMILES string of the molecule is O=C(CCn1c(-c2cccs2)n[nH]c1=S)NCc1cccnc1. The molecule has 3 aromatic rings. The lowest BCUT2D eigenvalue weighted by atomic mass is 10.3. The van der Waals surface area contributed by atoms with E-state index in [9.17, 15) is 4.79 Å². The van der Waals surface area contributed by atoms with Gasteiger partial charge >= 0.3 is 0 Å². The Kier molecular flexibility index (Phi) is 4.94. The fraction of sp³-hybridized carbons (Fsp3) is 0.200. The first-order valence-corrected chi connectivity index (χ1v) is 8.37. The van der Waals surface area contributed by atoms with E-state index in [0.29, 0.717) is 24.3 Å². The Morgan fingerprint density at radius 2 is 2.30 bits per heavy atom. The van der Waals surface area contributed by atoms with E-state index in [1.807, 2.05) is 34.2 Å². The number of aromatic amines is 1. The Balaban J connectivity index is 1.59. The molecule has 0 saturated carbocycles. The van der Waals surface area contributed by atoms with Crippen LogP contribution in [0.15, 0.2) is 42.0 Å². The fourth-order valence-corrected chi connectivity index (χ4v) is 3.07. The molecule has 0 aliphatic carbocycles. The van der Waals surface area contributed by atoms with Crippen LogP contribution in [-0.2, 0) is 17.9 Å². The fourth-order valence-electron chi connectivity index (χ4n) is 2.12. The molecule has 3 rings (SSSR count). The van der Waals surface area contributed by atoms with Gasteiger partial charge in [0.2, 0.25) is 5.91 Å². The minimum atomic E-state index is -0.0333. The van der Waals surface area contributed by atoms with Crippen LogP contribution in [0.1, 0.15) is 12.0 Å². The van der Waals surface area contributed by atoms with E-state index in [1.165, 1.54) is 0 Å². The number of H-pyrrole nitrogens is 1. The standard InChI is InChI=1S/C15H15N5OS2/c21-13(17-10-11-3-1-6-16-9-11)5-7-20-14(18-19-15(20)22)12-4-2-8-23-12/h1-4,6,8-9H,5,7,10H2,(H,17,21)(H,19,22). The molecule has 0 aliphatic heterocycles. The molecule has 0 atom stereocenters. The van der Waals surface area contributed by atoms with Crippen LogP contribution in [0.5, 0.6) is 0 Å². The van der Waals surface area contributed by atoms with Gasteiger partial charge in [-0.25, -0.2) is 0 Å². The summed E-state index contributed by atoms with van der Waals surface area (Å²) < 4.78 is 2.37. The molecule has 1 amide bonds. The van der Waals surface area contributed by atoms with Crippen LogP contribution in [0.2, 0.25) is 0 Å². The van der Waals surface area contributed by atoms with E-state index in [2.05, 4.69) is 20.5 Å². The van der Waals surface area contributed by atoms with Gasteiger partial charge in [0.15, 0.2) is 10.6 Å². The Bertz CT molecular complexity index is 823. The molecule has 0 bridgehead atoms. The van der Waals surface area contributed by atoms with Crippen LogP contribution in [0.3, 0.4) is 0 Å². The van der Waals surface area contributed by atoms with E-state index in [-0.39, 0.29) is 5.91 Å². The lowest BCUT2D eigenvalue weighted by Crippen LogP contribution is -2.24. The largest absolute Gasteiger partial charge is 0.352 e. The van der Waals surface area contributed by atoms with Gasteiger partial charge < -0.3 is 5.32 Å². The maximum Gasteiger partial charge on any atom is 0.222 e. The summed E-state index contributed by atoms with van der Waals surface area (Å²) >= 11 is 6.84. The zero-order valence-electron chi connectivity index (χ0n) is 12.2. The van der Waals surface area contributed by atoms with E-state index in [0.717, 1.165) is 16.3 Å². The van der Waals surface area contributed by atoms with Crippen LogP contribution < -0.4 is 5.32 Å². The molecular weight excluding hydrogens is 330 g/mol. The summed E-state index contributed by atoms with van der Waals surface area (Å²) in [6, 6.07) is 7.71. The summed E-state index contributed by atoms with van der Waals surface area (Å²) in [7, 11) is 0. The maximum absolute atomic E-state index is 12.0. The minimum absolute atomic E-state index is 0.0333. The summed E-state index contributed by atoms with van der Waals surface area (Å²) in [5, 5.41) is 11.9. The number of nitrogens with one attached hydrogen (secondary N) is 2. The van der Waals surface area contributed by atoms with Crippen molar-refractivity contribution >= 4 is 29.5 Å². The first kappa shape index (κ1) is 15.6. The van der Waals surface area contributed by atoms with E-state index < -0.39 is 0 Å². The number of rotatable bonds is 6. The highest BCUT2D eigenvalue weighted by atomic mass is 32.1. The molecule has 0 unspecified atom stereocenters. The average Bonchev–Trinajstić information content (AvgIpc) is 3.21. The molecule has 6 nitrogen and oxygen atoms in total. The van der Waals surface area contributed by atoms with Gasteiger partial charge in [-0.2, -0.15) is 5.10 Å². The summed E-state index contributed by atoms with van der Waals surface area (Å²) in [6.07, 6.45) is 3.78. The lowest BCUT2D eigenvalue weighted by Gasteiger charge is -2.07. The van der Waals surface area contributed by atoms with Gasteiger partial charge in [0.1, 0.15) is 0 Å². The third-order valence-corrected chi connectivity index (χ3v) is 4.45. The molecule has 0 spiro atoms. The maximum atomic E-state index is 12.0. The van der Waals surface area contributed by atoms with Crippen LogP contribution in [0.25, 0.3) is 10.7 Å². The van der Waals surface area contributed by atoms with E-state index >= 15 is 0 Å². The highest BCUT2D eigenvalue weighted by Crippen LogP contribution is 2.22. The topological polar surface area (TPSA) is 75.6 Å². The van der Waals surface area contributed by atoms with Gasteiger partial charge in [0.05, 0.1) is 4.88 Å². The van der Waals surface area contributed by atoms with Crippen LogP contribution in [0.4, 0.5) is 0 Å². The van der Waals surface area contributed by atoms with Crippen LogP contribution >= 0.6 is 23.6 Å². The minimum Gasteiger partial charge on any atom is -0.352 e. The highest BCUT2D eigenvalue weighted by Gasteiger charge is 2.11. The van der Waals surface area contributed by atoms with Crippen molar-refractivity contribution in [2.24, 2.45) is 0 Å². The van der Waals surface area contributed by atoms with Gasteiger partial charge in [0, 0.05) is 31.9 Å². The molecule has 118 valence electrons. The third kappa shape index (κ3) is 3.91. The molecule has 0 fully saturated rings. The molecular formula is C15H15N5OS2. The number of aromatic nitrogens is 4. The summed E-state index contributed by atoms with van der Waals surface area (Å²) in [5.74, 6) is 0.735. The van der Waals surface area contributed by atoms with Crippen molar-refractivity contribution < 1.29 is 4.79 Å². The normalized spacial score (nSPS) is 10.6. The average molecular weight is 345 g/mol. The summed E-state index contributed by atoms with van der Waals surface area (Å²) in [4.78, 5) is 17.1. The second-order valence-electron chi connectivity index (χ2n) is 4.87.